The van der Waals surface area contributed by atoms with E-state index in [1.807, 2.05) is 18.3 Å². The quantitative estimate of drug-likeness (QED) is 0.921. The van der Waals surface area contributed by atoms with Gasteiger partial charge in [-0.1, -0.05) is 42.5 Å². The third-order valence-corrected chi connectivity index (χ3v) is 5.88. The zero-order valence-corrected chi connectivity index (χ0v) is 14.6. The molecule has 1 saturated carbocycles. The van der Waals surface area contributed by atoms with Crippen LogP contribution < -0.4 is 0 Å². The third-order valence-electron chi connectivity index (χ3n) is 5.88. The Morgan fingerprint density at radius 1 is 1.04 bits per heavy atom. The van der Waals surface area contributed by atoms with Crippen LogP contribution in [0.3, 0.4) is 0 Å². The van der Waals surface area contributed by atoms with E-state index in [9.17, 15) is 5.11 Å². The highest BCUT2D eigenvalue weighted by Gasteiger charge is 2.36. The van der Waals surface area contributed by atoms with Crippen molar-refractivity contribution in [3.63, 3.8) is 0 Å². The van der Waals surface area contributed by atoms with Crippen molar-refractivity contribution in [2.45, 2.75) is 43.7 Å². The van der Waals surface area contributed by atoms with Gasteiger partial charge in [-0.3, -0.25) is 9.88 Å². The lowest BCUT2D eigenvalue weighted by Crippen LogP contribution is -2.44. The molecule has 0 amide bonds. The predicted molar refractivity (Wildman–Crippen MR) is 101 cm³/mol. The molecule has 25 heavy (non-hydrogen) atoms. The summed E-state index contributed by atoms with van der Waals surface area (Å²) in [7, 11) is 0. The summed E-state index contributed by atoms with van der Waals surface area (Å²) in [5.74, 6) is 0. The third kappa shape index (κ3) is 3.53. The summed E-state index contributed by atoms with van der Waals surface area (Å²) in [6.07, 6.45) is 10.9. The van der Waals surface area contributed by atoms with Gasteiger partial charge in [0.2, 0.25) is 0 Å². The lowest BCUT2D eigenvalue weighted by atomic mass is 9.77. The molecule has 1 aromatic carbocycles. The van der Waals surface area contributed by atoms with Gasteiger partial charge in [0.25, 0.3) is 0 Å². The summed E-state index contributed by atoms with van der Waals surface area (Å²) < 4.78 is 0. The van der Waals surface area contributed by atoms with Gasteiger partial charge in [0.1, 0.15) is 0 Å². The second-order valence-electron chi connectivity index (χ2n) is 7.34. The molecule has 0 atom stereocenters. The standard InChI is InChI=1S/C22H26N2O/c25-22(20-7-4-14-23-17-20)12-8-21(9-13-22)24-15-10-19(11-16-24)18-5-2-1-3-6-18/h1-7,10,14,17,21,25H,8-9,11-13,15-16H2. The van der Waals surface area contributed by atoms with Crippen molar-refractivity contribution < 1.29 is 5.11 Å². The Morgan fingerprint density at radius 2 is 1.84 bits per heavy atom. The maximum Gasteiger partial charge on any atom is 0.0912 e. The van der Waals surface area contributed by atoms with Crippen molar-refractivity contribution in [3.8, 4) is 0 Å². The van der Waals surface area contributed by atoms with Crippen LogP contribution in [0.5, 0.6) is 0 Å². The highest BCUT2D eigenvalue weighted by Crippen LogP contribution is 2.39. The molecule has 1 aliphatic carbocycles. The van der Waals surface area contributed by atoms with Crippen LogP contribution in [0.15, 0.2) is 60.9 Å². The minimum absolute atomic E-state index is 0.588. The molecular weight excluding hydrogens is 308 g/mol. The molecule has 1 aromatic heterocycles. The maximum atomic E-state index is 11.0. The Morgan fingerprint density at radius 3 is 2.48 bits per heavy atom. The molecule has 2 aliphatic rings. The first-order valence-electron chi connectivity index (χ1n) is 9.36. The minimum atomic E-state index is -0.689. The van der Waals surface area contributed by atoms with E-state index in [0.717, 1.165) is 50.8 Å². The smallest absolute Gasteiger partial charge is 0.0912 e. The van der Waals surface area contributed by atoms with Gasteiger partial charge in [-0.05, 0) is 49.3 Å². The number of aliphatic hydroxyl groups is 1. The Balaban J connectivity index is 1.37. The number of rotatable bonds is 3. The number of hydrogen-bond donors (Lipinski definition) is 1. The van der Waals surface area contributed by atoms with Crippen molar-refractivity contribution in [1.82, 2.24) is 9.88 Å². The first-order chi connectivity index (χ1) is 12.2. The molecule has 2 heterocycles. The second kappa shape index (κ2) is 7.11. The Hall–Kier alpha value is -1.97. The number of pyridine rings is 1. The molecule has 3 nitrogen and oxygen atoms in total. The highest BCUT2D eigenvalue weighted by molar-refractivity contribution is 5.66. The summed E-state index contributed by atoms with van der Waals surface area (Å²) in [4.78, 5) is 6.77. The van der Waals surface area contributed by atoms with E-state index in [2.05, 4.69) is 46.3 Å². The van der Waals surface area contributed by atoms with Gasteiger partial charge in [0.15, 0.2) is 0 Å². The summed E-state index contributed by atoms with van der Waals surface area (Å²) in [5, 5.41) is 11.0. The van der Waals surface area contributed by atoms with Gasteiger partial charge in [0, 0.05) is 37.1 Å². The first-order valence-corrected chi connectivity index (χ1v) is 9.36. The average Bonchev–Trinajstić information content (AvgIpc) is 2.70. The van der Waals surface area contributed by atoms with E-state index in [-0.39, 0.29) is 0 Å². The predicted octanol–water partition coefficient (Wildman–Crippen LogP) is 4.00. The molecule has 3 heteroatoms. The fourth-order valence-corrected chi connectivity index (χ4v) is 4.30. The summed E-state index contributed by atoms with van der Waals surface area (Å²) >= 11 is 0. The monoisotopic (exact) mass is 334 g/mol. The molecule has 0 spiro atoms. The van der Waals surface area contributed by atoms with Gasteiger partial charge in [-0.25, -0.2) is 0 Å². The van der Waals surface area contributed by atoms with Crippen molar-refractivity contribution >= 4 is 5.57 Å². The van der Waals surface area contributed by atoms with E-state index in [1.165, 1.54) is 11.1 Å². The van der Waals surface area contributed by atoms with Gasteiger partial charge in [-0.2, -0.15) is 0 Å². The van der Waals surface area contributed by atoms with Gasteiger partial charge >= 0.3 is 0 Å². The van der Waals surface area contributed by atoms with Crippen LogP contribution in [0.25, 0.3) is 5.57 Å². The topological polar surface area (TPSA) is 36.4 Å². The van der Waals surface area contributed by atoms with E-state index < -0.39 is 5.60 Å². The first kappa shape index (κ1) is 16.5. The molecule has 0 saturated heterocycles. The number of benzene rings is 1. The van der Waals surface area contributed by atoms with Gasteiger partial charge in [0.05, 0.1) is 5.60 Å². The van der Waals surface area contributed by atoms with Crippen LogP contribution in [0.1, 0.15) is 43.2 Å². The molecule has 0 unspecified atom stereocenters. The minimum Gasteiger partial charge on any atom is -0.385 e. The molecular formula is C22H26N2O. The van der Waals surface area contributed by atoms with E-state index in [1.54, 1.807) is 6.20 Å². The molecule has 0 bridgehead atoms. The van der Waals surface area contributed by atoms with Crippen molar-refractivity contribution in [2.24, 2.45) is 0 Å². The van der Waals surface area contributed by atoms with Gasteiger partial charge in [-0.15, -0.1) is 0 Å². The van der Waals surface area contributed by atoms with E-state index in [4.69, 9.17) is 0 Å². The van der Waals surface area contributed by atoms with Crippen LogP contribution in [0.4, 0.5) is 0 Å². The maximum absolute atomic E-state index is 11.0. The molecule has 130 valence electrons. The molecule has 1 N–H and O–H groups in total. The van der Waals surface area contributed by atoms with Crippen molar-refractivity contribution in [2.75, 3.05) is 13.1 Å². The van der Waals surface area contributed by atoms with Crippen molar-refractivity contribution in [1.29, 1.82) is 0 Å². The van der Waals surface area contributed by atoms with Crippen LogP contribution in [0.2, 0.25) is 0 Å². The van der Waals surface area contributed by atoms with Crippen LogP contribution in [-0.2, 0) is 5.60 Å². The summed E-state index contributed by atoms with van der Waals surface area (Å²) in [6, 6.07) is 15.2. The lowest BCUT2D eigenvalue weighted by molar-refractivity contribution is -0.0240. The Kier molecular flexibility index (Phi) is 4.69. The molecule has 1 aliphatic heterocycles. The SMILES string of the molecule is OC1(c2cccnc2)CCC(N2CC=C(c3ccccc3)CC2)CC1. The number of aromatic nitrogens is 1. The normalized spacial score (nSPS) is 27.7. The Labute approximate surface area is 150 Å². The number of hydrogen-bond acceptors (Lipinski definition) is 3. The van der Waals surface area contributed by atoms with E-state index in [0.29, 0.717) is 6.04 Å². The lowest BCUT2D eigenvalue weighted by Gasteiger charge is -2.42. The fraction of sp³-hybridized carbons (Fsp3) is 0.409. The Bertz CT molecular complexity index is 718. The highest BCUT2D eigenvalue weighted by atomic mass is 16.3. The van der Waals surface area contributed by atoms with E-state index >= 15 is 0 Å². The zero-order valence-electron chi connectivity index (χ0n) is 14.6. The fourth-order valence-electron chi connectivity index (χ4n) is 4.30. The molecule has 0 radical (unpaired) electrons. The van der Waals surface area contributed by atoms with Crippen molar-refractivity contribution in [3.05, 3.63) is 72.1 Å². The number of nitrogens with zero attached hydrogens (tertiary/aromatic N) is 2. The summed E-state index contributed by atoms with van der Waals surface area (Å²) in [5.41, 5.74) is 3.11. The zero-order chi connectivity index (χ0) is 17.1. The van der Waals surface area contributed by atoms with Crippen LogP contribution in [0, 0.1) is 0 Å². The average molecular weight is 334 g/mol. The molecule has 4 rings (SSSR count). The van der Waals surface area contributed by atoms with Crippen LogP contribution >= 0.6 is 0 Å². The van der Waals surface area contributed by atoms with Crippen LogP contribution in [-0.4, -0.2) is 34.1 Å². The largest absolute Gasteiger partial charge is 0.385 e. The second-order valence-corrected chi connectivity index (χ2v) is 7.34. The molecule has 2 aromatic rings. The van der Waals surface area contributed by atoms with Gasteiger partial charge < -0.3 is 5.11 Å². The summed E-state index contributed by atoms with van der Waals surface area (Å²) in [6.45, 7) is 2.15. The molecule has 1 fully saturated rings.